The number of hydrogen-bond acceptors (Lipinski definition) is 2. The van der Waals surface area contributed by atoms with Crippen LogP contribution in [-0.2, 0) is 10.7 Å². The van der Waals surface area contributed by atoms with E-state index in [-0.39, 0.29) is 10.7 Å². The molecule has 0 amide bonds. The highest BCUT2D eigenvalue weighted by molar-refractivity contribution is 9.10. The Morgan fingerprint density at radius 2 is 1.38 bits per heavy atom. The van der Waals surface area contributed by atoms with Gasteiger partial charge in [0.25, 0.3) is 0 Å². The number of pyridine rings is 1. The molecule has 0 saturated carbocycles. The zero-order chi connectivity index (χ0) is 14.2. The van der Waals surface area contributed by atoms with E-state index in [1.54, 1.807) is 0 Å². The van der Waals surface area contributed by atoms with E-state index < -0.39 is 0 Å². The minimum absolute atomic E-state index is 0.295. The Kier molecular flexibility index (Phi) is 3.20. The van der Waals surface area contributed by atoms with Gasteiger partial charge >= 0.3 is 0 Å². The van der Waals surface area contributed by atoms with Crippen molar-refractivity contribution in [3.63, 3.8) is 0 Å². The first-order chi connectivity index (χ1) is 10.3. The van der Waals surface area contributed by atoms with Crippen LogP contribution < -0.4 is 0 Å². The van der Waals surface area contributed by atoms with Crippen molar-refractivity contribution in [3.8, 4) is 11.1 Å². The molecule has 0 bridgehead atoms. The van der Waals surface area contributed by atoms with Gasteiger partial charge in [-0.25, -0.2) is 4.98 Å². The number of benzene rings is 2. The third-order valence-electron chi connectivity index (χ3n) is 3.37. The molecule has 2 aromatic carbocycles. The molecule has 0 atom stereocenters. The van der Waals surface area contributed by atoms with Crippen molar-refractivity contribution >= 4 is 32.4 Å². The number of halogens is 1. The average molecular weight is 355 g/mol. The second-order valence-corrected chi connectivity index (χ2v) is 7.13. The summed E-state index contributed by atoms with van der Waals surface area (Å²) in [5.74, 6) is 0.763. The lowest BCUT2D eigenvalue weighted by atomic mass is 10.1. The van der Waals surface area contributed by atoms with E-state index in [0.29, 0.717) is 0 Å². The lowest BCUT2D eigenvalue weighted by molar-refractivity contribution is 1.24. The Morgan fingerprint density at radius 3 is 2.00 bits per heavy atom. The normalized spacial score (nSPS) is 12.8. The summed E-state index contributed by atoms with van der Waals surface area (Å²) in [5.41, 5.74) is 2.57. The molecule has 0 fully saturated rings. The fourth-order valence-electron chi connectivity index (χ4n) is 2.47. The lowest BCUT2D eigenvalue weighted by Crippen LogP contribution is -1.87. The summed E-state index contributed by atoms with van der Waals surface area (Å²) in [4.78, 5) is 7.00. The Hall–Kier alpha value is -1.78. The van der Waals surface area contributed by atoms with Gasteiger partial charge in [-0.3, -0.25) is 0 Å². The standard InChI is InChI=1S/C17H11BrN2S/c18-16-10-5-11-17(19-16)20-21-14-8-3-1-6-12(14)13-7-2-4-9-15(13)21/h1-11H. The predicted octanol–water partition coefficient (Wildman–Crippen LogP) is 5.38. The maximum atomic E-state index is 4.89. The Bertz CT molecular complexity index is 826. The number of rotatable bonds is 1. The van der Waals surface area contributed by atoms with Crippen LogP contribution in [0.4, 0.5) is 5.82 Å². The van der Waals surface area contributed by atoms with Crippen LogP contribution in [0.15, 0.2) is 85.5 Å². The van der Waals surface area contributed by atoms with Crippen molar-refractivity contribution in [2.75, 3.05) is 0 Å². The summed E-state index contributed by atoms with van der Waals surface area (Å²) >= 11 is 3.41. The third kappa shape index (κ3) is 2.24. The van der Waals surface area contributed by atoms with Crippen LogP contribution in [0.3, 0.4) is 0 Å². The van der Waals surface area contributed by atoms with Gasteiger partial charge in [-0.1, -0.05) is 42.5 Å². The highest BCUT2D eigenvalue weighted by Crippen LogP contribution is 2.42. The minimum atomic E-state index is -0.295. The van der Waals surface area contributed by atoms with Gasteiger partial charge in [-0.05, 0) is 62.0 Å². The van der Waals surface area contributed by atoms with Gasteiger partial charge < -0.3 is 0 Å². The van der Waals surface area contributed by atoms with Gasteiger partial charge in [0.1, 0.15) is 4.60 Å². The zero-order valence-corrected chi connectivity index (χ0v) is 13.4. The summed E-state index contributed by atoms with van der Waals surface area (Å²) in [5, 5.41) is 0. The number of aromatic nitrogens is 1. The van der Waals surface area contributed by atoms with E-state index in [1.807, 2.05) is 18.2 Å². The number of fused-ring (bicyclic) bond motifs is 3. The maximum Gasteiger partial charge on any atom is 0.160 e. The maximum absolute atomic E-state index is 4.89. The minimum Gasteiger partial charge on any atom is -0.221 e. The quantitative estimate of drug-likeness (QED) is 0.421. The van der Waals surface area contributed by atoms with Gasteiger partial charge in [0.15, 0.2) is 5.82 Å². The molecular formula is C17H11BrN2S. The largest absolute Gasteiger partial charge is 0.221 e. The summed E-state index contributed by atoms with van der Waals surface area (Å²) in [6.45, 7) is 0. The molecule has 2 heterocycles. The Balaban J connectivity index is 1.97. The molecule has 3 aromatic rings. The SMILES string of the molecule is Brc1cccc(N=S2c3ccccc3-c3ccccc32)n1. The predicted molar refractivity (Wildman–Crippen MR) is 89.8 cm³/mol. The highest BCUT2D eigenvalue weighted by atomic mass is 79.9. The molecule has 0 radical (unpaired) electrons. The van der Waals surface area contributed by atoms with Crippen LogP contribution in [0, 0.1) is 0 Å². The second-order valence-electron chi connectivity index (χ2n) is 4.69. The zero-order valence-electron chi connectivity index (χ0n) is 11.0. The number of hydrogen-bond donors (Lipinski definition) is 0. The van der Waals surface area contributed by atoms with Gasteiger partial charge in [-0.2, -0.15) is 4.36 Å². The first-order valence-corrected chi connectivity index (χ1v) is 8.57. The first kappa shape index (κ1) is 12.9. The van der Waals surface area contributed by atoms with E-state index in [4.69, 9.17) is 4.36 Å². The van der Waals surface area contributed by atoms with E-state index in [0.717, 1.165) is 10.4 Å². The Labute approximate surface area is 134 Å². The second kappa shape index (κ2) is 5.20. The van der Waals surface area contributed by atoms with Crippen LogP contribution in [-0.4, -0.2) is 4.98 Å². The van der Waals surface area contributed by atoms with E-state index in [2.05, 4.69) is 69.4 Å². The molecule has 2 nitrogen and oxygen atoms in total. The molecule has 0 N–H and O–H groups in total. The summed E-state index contributed by atoms with van der Waals surface area (Å²) in [6.07, 6.45) is 0. The van der Waals surface area contributed by atoms with Crippen molar-refractivity contribution < 1.29 is 0 Å². The molecule has 4 rings (SSSR count). The molecule has 102 valence electrons. The molecule has 1 aliphatic heterocycles. The number of nitrogens with zero attached hydrogens (tertiary/aromatic N) is 2. The van der Waals surface area contributed by atoms with Gasteiger partial charge in [-0.15, -0.1) is 0 Å². The van der Waals surface area contributed by atoms with Crippen LogP contribution in [0.5, 0.6) is 0 Å². The van der Waals surface area contributed by atoms with Crippen LogP contribution in [0.1, 0.15) is 0 Å². The average Bonchev–Trinajstić information content (AvgIpc) is 2.83. The lowest BCUT2D eigenvalue weighted by Gasteiger charge is -2.03. The monoisotopic (exact) mass is 354 g/mol. The van der Waals surface area contributed by atoms with Gasteiger partial charge in [0.2, 0.25) is 0 Å². The van der Waals surface area contributed by atoms with Crippen molar-refractivity contribution in [1.29, 1.82) is 0 Å². The van der Waals surface area contributed by atoms with Crippen LogP contribution in [0.2, 0.25) is 0 Å². The highest BCUT2D eigenvalue weighted by Gasteiger charge is 2.22. The Morgan fingerprint density at radius 1 is 0.762 bits per heavy atom. The molecule has 0 spiro atoms. The fourth-order valence-corrected chi connectivity index (χ4v) is 4.72. The topological polar surface area (TPSA) is 25.2 Å². The van der Waals surface area contributed by atoms with Crippen molar-refractivity contribution in [3.05, 3.63) is 71.3 Å². The molecule has 21 heavy (non-hydrogen) atoms. The molecule has 1 aliphatic rings. The fraction of sp³-hybridized carbons (Fsp3) is 0. The molecular weight excluding hydrogens is 344 g/mol. The summed E-state index contributed by atoms with van der Waals surface area (Å²) in [6, 6.07) is 22.8. The van der Waals surface area contributed by atoms with Crippen molar-refractivity contribution in [1.82, 2.24) is 4.98 Å². The van der Waals surface area contributed by atoms with Crippen molar-refractivity contribution in [2.45, 2.75) is 9.79 Å². The molecule has 0 aliphatic carbocycles. The van der Waals surface area contributed by atoms with Gasteiger partial charge in [0, 0.05) is 9.79 Å². The molecule has 0 saturated heterocycles. The molecule has 4 heteroatoms. The first-order valence-electron chi connectivity index (χ1n) is 6.60. The van der Waals surface area contributed by atoms with Crippen LogP contribution in [0.25, 0.3) is 11.1 Å². The van der Waals surface area contributed by atoms with Gasteiger partial charge in [0.05, 0.1) is 0 Å². The van der Waals surface area contributed by atoms with E-state index in [1.165, 1.54) is 20.9 Å². The van der Waals surface area contributed by atoms with Crippen LogP contribution >= 0.6 is 15.9 Å². The van der Waals surface area contributed by atoms with E-state index in [9.17, 15) is 0 Å². The van der Waals surface area contributed by atoms with Crippen molar-refractivity contribution in [2.24, 2.45) is 4.36 Å². The third-order valence-corrected chi connectivity index (χ3v) is 5.72. The molecule has 1 aromatic heterocycles. The smallest absolute Gasteiger partial charge is 0.160 e. The summed E-state index contributed by atoms with van der Waals surface area (Å²) < 4.78 is 5.70. The molecule has 0 unspecified atom stereocenters. The summed E-state index contributed by atoms with van der Waals surface area (Å²) in [7, 11) is -0.295. The van der Waals surface area contributed by atoms with E-state index >= 15 is 0 Å².